The molecule has 3 rings (SSSR count). The SMILES string of the molecule is C=C(CCc1nnc([C@@H]2CC[C@H](COC(F)(F)F)O2)o1)NC(=O)COc1ccc(Cl)c(F)c1. The average Bonchev–Trinajstić information content (AvgIpc) is 3.40. The number of carbonyl (C=O) groups excluding carboxylic acids is 1. The Labute approximate surface area is 190 Å². The van der Waals surface area contributed by atoms with Gasteiger partial charge >= 0.3 is 6.36 Å². The molecular weight excluding hydrogens is 474 g/mol. The van der Waals surface area contributed by atoms with Gasteiger partial charge < -0.3 is 19.2 Å². The van der Waals surface area contributed by atoms with Crippen LogP contribution in [0.1, 0.15) is 37.1 Å². The number of benzene rings is 1. The summed E-state index contributed by atoms with van der Waals surface area (Å²) in [5.74, 6) is -0.582. The molecule has 2 atom stereocenters. The molecule has 2 heterocycles. The summed E-state index contributed by atoms with van der Waals surface area (Å²) in [7, 11) is 0. The highest BCUT2D eigenvalue weighted by Gasteiger charge is 2.35. The molecule has 180 valence electrons. The first-order chi connectivity index (χ1) is 15.6. The Kier molecular flexibility index (Phi) is 8.27. The highest BCUT2D eigenvalue weighted by Crippen LogP contribution is 2.33. The average molecular weight is 494 g/mol. The first kappa shape index (κ1) is 24.9. The molecular formula is C20H20ClF4N3O5. The number of nitrogens with zero attached hydrogens (tertiary/aromatic N) is 2. The molecule has 33 heavy (non-hydrogen) atoms. The van der Waals surface area contributed by atoms with E-state index in [-0.39, 0.29) is 42.0 Å². The van der Waals surface area contributed by atoms with Crippen LogP contribution in [-0.2, 0) is 20.7 Å². The van der Waals surface area contributed by atoms with E-state index in [1.807, 2.05) is 0 Å². The van der Waals surface area contributed by atoms with Gasteiger partial charge in [0.25, 0.3) is 5.91 Å². The Bertz CT molecular complexity index is 985. The number of nitrogens with one attached hydrogen (secondary N) is 1. The predicted octanol–water partition coefficient (Wildman–Crippen LogP) is 4.26. The van der Waals surface area contributed by atoms with Gasteiger partial charge in [-0.25, -0.2) is 4.39 Å². The van der Waals surface area contributed by atoms with Crippen molar-refractivity contribution in [2.45, 2.75) is 44.3 Å². The molecule has 1 aliphatic heterocycles. The van der Waals surface area contributed by atoms with Crippen LogP contribution in [0, 0.1) is 5.82 Å². The molecule has 0 aliphatic carbocycles. The smallest absolute Gasteiger partial charge is 0.484 e. The largest absolute Gasteiger partial charge is 0.522 e. The molecule has 0 bridgehead atoms. The third kappa shape index (κ3) is 7.98. The van der Waals surface area contributed by atoms with Crippen molar-refractivity contribution in [3.63, 3.8) is 0 Å². The van der Waals surface area contributed by atoms with Gasteiger partial charge in [0.2, 0.25) is 11.8 Å². The van der Waals surface area contributed by atoms with Crippen molar-refractivity contribution in [3.05, 3.63) is 53.1 Å². The zero-order valence-corrected chi connectivity index (χ0v) is 17.9. The molecule has 1 aromatic heterocycles. The van der Waals surface area contributed by atoms with Crippen molar-refractivity contribution < 1.29 is 41.0 Å². The van der Waals surface area contributed by atoms with E-state index in [9.17, 15) is 22.4 Å². The van der Waals surface area contributed by atoms with Gasteiger partial charge in [0.15, 0.2) is 6.61 Å². The van der Waals surface area contributed by atoms with Gasteiger partial charge in [-0.15, -0.1) is 23.4 Å². The van der Waals surface area contributed by atoms with E-state index in [0.717, 1.165) is 6.07 Å². The van der Waals surface area contributed by atoms with Crippen LogP contribution in [0.15, 0.2) is 34.9 Å². The van der Waals surface area contributed by atoms with Gasteiger partial charge in [0.1, 0.15) is 17.7 Å². The minimum absolute atomic E-state index is 0.0563. The summed E-state index contributed by atoms with van der Waals surface area (Å²) in [4.78, 5) is 11.9. The van der Waals surface area contributed by atoms with Crippen LogP contribution in [0.4, 0.5) is 17.6 Å². The van der Waals surface area contributed by atoms with Gasteiger partial charge in [0.05, 0.1) is 17.7 Å². The van der Waals surface area contributed by atoms with Crippen molar-refractivity contribution in [1.82, 2.24) is 15.5 Å². The van der Waals surface area contributed by atoms with Gasteiger partial charge in [0, 0.05) is 18.2 Å². The maximum Gasteiger partial charge on any atom is 0.522 e. The number of carbonyl (C=O) groups is 1. The minimum atomic E-state index is -4.71. The van der Waals surface area contributed by atoms with E-state index in [0.29, 0.717) is 18.5 Å². The van der Waals surface area contributed by atoms with Gasteiger partial charge in [-0.1, -0.05) is 18.2 Å². The molecule has 0 saturated carbocycles. The normalized spacial score (nSPS) is 18.3. The van der Waals surface area contributed by atoms with Crippen molar-refractivity contribution in [3.8, 4) is 5.75 Å². The number of allylic oxidation sites excluding steroid dienone is 1. The van der Waals surface area contributed by atoms with Gasteiger partial charge in [-0.2, -0.15) is 0 Å². The van der Waals surface area contributed by atoms with E-state index in [1.165, 1.54) is 12.1 Å². The lowest BCUT2D eigenvalue weighted by Gasteiger charge is -2.13. The highest BCUT2D eigenvalue weighted by molar-refractivity contribution is 6.30. The minimum Gasteiger partial charge on any atom is -0.484 e. The number of halogens is 5. The molecule has 8 nitrogen and oxygen atoms in total. The number of alkyl halides is 3. The first-order valence-corrected chi connectivity index (χ1v) is 10.2. The predicted molar refractivity (Wildman–Crippen MR) is 106 cm³/mol. The van der Waals surface area contributed by atoms with Crippen LogP contribution in [-0.4, -0.2) is 41.8 Å². The molecule has 13 heteroatoms. The number of amides is 1. The molecule has 0 radical (unpaired) electrons. The van der Waals surface area contributed by atoms with Crippen LogP contribution in [0.25, 0.3) is 0 Å². The second-order valence-corrected chi connectivity index (χ2v) is 7.54. The summed E-state index contributed by atoms with van der Waals surface area (Å²) < 4.78 is 69.7. The molecule has 1 aliphatic rings. The Morgan fingerprint density at radius 1 is 1.30 bits per heavy atom. The topological polar surface area (TPSA) is 95.7 Å². The first-order valence-electron chi connectivity index (χ1n) is 9.83. The zero-order chi connectivity index (χ0) is 24.0. The van der Waals surface area contributed by atoms with Crippen LogP contribution in [0.3, 0.4) is 0 Å². The number of aromatic nitrogens is 2. The van der Waals surface area contributed by atoms with E-state index in [4.69, 9.17) is 25.5 Å². The van der Waals surface area contributed by atoms with Crippen molar-refractivity contribution in [1.29, 1.82) is 0 Å². The molecule has 0 spiro atoms. The molecule has 0 unspecified atom stereocenters. The van der Waals surface area contributed by atoms with Crippen LogP contribution in [0.2, 0.25) is 5.02 Å². The van der Waals surface area contributed by atoms with E-state index in [1.54, 1.807) is 0 Å². The second-order valence-electron chi connectivity index (χ2n) is 7.13. The Hall–Kier alpha value is -2.70. The maximum absolute atomic E-state index is 13.4. The van der Waals surface area contributed by atoms with Crippen LogP contribution < -0.4 is 10.1 Å². The summed E-state index contributed by atoms with van der Waals surface area (Å²) in [6.45, 7) is 2.78. The monoisotopic (exact) mass is 493 g/mol. The lowest BCUT2D eigenvalue weighted by molar-refractivity contribution is -0.331. The Morgan fingerprint density at radius 3 is 2.82 bits per heavy atom. The van der Waals surface area contributed by atoms with Crippen LogP contribution >= 0.6 is 11.6 Å². The number of rotatable bonds is 10. The van der Waals surface area contributed by atoms with Gasteiger partial charge in [-0.05, 0) is 31.4 Å². The van der Waals surface area contributed by atoms with E-state index in [2.05, 4.69) is 26.8 Å². The number of ether oxygens (including phenoxy) is 3. The Balaban J connectivity index is 1.37. The van der Waals surface area contributed by atoms with Crippen molar-refractivity contribution >= 4 is 17.5 Å². The third-order valence-electron chi connectivity index (χ3n) is 4.52. The fourth-order valence-corrected chi connectivity index (χ4v) is 3.08. The summed E-state index contributed by atoms with van der Waals surface area (Å²) in [5.41, 5.74) is 0.368. The second kappa shape index (κ2) is 10.9. The van der Waals surface area contributed by atoms with Crippen LogP contribution in [0.5, 0.6) is 5.75 Å². The summed E-state index contributed by atoms with van der Waals surface area (Å²) >= 11 is 5.58. The molecule has 1 fully saturated rings. The summed E-state index contributed by atoms with van der Waals surface area (Å²) in [5, 5.41) is 10.2. The van der Waals surface area contributed by atoms with E-state index < -0.39 is 36.9 Å². The Morgan fingerprint density at radius 2 is 2.09 bits per heavy atom. The highest BCUT2D eigenvalue weighted by atomic mass is 35.5. The lowest BCUT2D eigenvalue weighted by atomic mass is 10.2. The fraction of sp³-hybridized carbons (Fsp3) is 0.450. The molecule has 1 N–H and O–H groups in total. The number of hydrogen-bond donors (Lipinski definition) is 1. The lowest BCUT2D eigenvalue weighted by Crippen LogP contribution is -2.28. The number of hydrogen-bond acceptors (Lipinski definition) is 7. The molecule has 1 saturated heterocycles. The zero-order valence-electron chi connectivity index (χ0n) is 17.2. The number of aryl methyl sites for hydroxylation is 1. The van der Waals surface area contributed by atoms with Gasteiger partial charge in [-0.3, -0.25) is 9.53 Å². The van der Waals surface area contributed by atoms with Crippen molar-refractivity contribution in [2.24, 2.45) is 0 Å². The maximum atomic E-state index is 13.4. The quantitative estimate of drug-likeness (QED) is 0.494. The molecule has 2 aromatic rings. The fourth-order valence-electron chi connectivity index (χ4n) is 2.96. The summed E-state index contributed by atoms with van der Waals surface area (Å²) in [6.07, 6.45) is -4.69. The van der Waals surface area contributed by atoms with E-state index >= 15 is 0 Å². The molecule has 1 amide bonds. The van der Waals surface area contributed by atoms with Crippen molar-refractivity contribution in [2.75, 3.05) is 13.2 Å². The molecule has 1 aromatic carbocycles. The summed E-state index contributed by atoms with van der Waals surface area (Å²) in [6, 6.07) is 3.81. The standard InChI is InChI=1S/C20H20ClF4N3O5/c1-11(26-17(29)10-30-12-3-5-14(21)15(22)8-12)2-7-18-27-28-19(33-18)16-6-4-13(32-16)9-31-20(23,24)25/h3,5,8,13,16H,1-2,4,6-7,9-10H2,(H,26,29)/t13-,16+/m1/s1. The third-order valence-corrected chi connectivity index (χ3v) is 4.82.